The SMILES string of the molecule is COc1cc(/C=C2/C(C)=C(C#N)c3nc(N)c(C#N)c(C)c32)cc([N+](=O)[O-])c1O. The molecular formula is C20H15N5O4. The smallest absolute Gasteiger partial charge is 0.315 e. The maximum Gasteiger partial charge on any atom is 0.315 e. The van der Waals surface area contributed by atoms with Crippen LogP contribution in [0.3, 0.4) is 0 Å². The van der Waals surface area contributed by atoms with Gasteiger partial charge in [0, 0.05) is 11.6 Å². The van der Waals surface area contributed by atoms with E-state index in [9.17, 15) is 25.7 Å². The van der Waals surface area contributed by atoms with Crippen LogP contribution in [0.2, 0.25) is 0 Å². The molecule has 3 N–H and O–H groups in total. The normalized spacial score (nSPS) is 13.8. The van der Waals surface area contributed by atoms with E-state index in [-0.39, 0.29) is 17.1 Å². The Morgan fingerprint density at radius 2 is 2.00 bits per heavy atom. The molecule has 0 fully saturated rings. The summed E-state index contributed by atoms with van der Waals surface area (Å²) >= 11 is 0. The van der Waals surface area contributed by atoms with Gasteiger partial charge in [-0.1, -0.05) is 0 Å². The van der Waals surface area contributed by atoms with E-state index in [1.165, 1.54) is 19.2 Å². The molecule has 1 aromatic carbocycles. The van der Waals surface area contributed by atoms with Crippen LogP contribution in [0.15, 0.2) is 17.7 Å². The molecule has 2 aromatic rings. The van der Waals surface area contributed by atoms with E-state index in [2.05, 4.69) is 11.1 Å². The van der Waals surface area contributed by atoms with Crippen molar-refractivity contribution >= 4 is 28.7 Å². The van der Waals surface area contributed by atoms with Gasteiger partial charge in [-0.3, -0.25) is 10.1 Å². The number of hydrogen-bond donors (Lipinski definition) is 2. The van der Waals surface area contributed by atoms with Crippen molar-refractivity contribution < 1.29 is 14.8 Å². The number of anilines is 1. The highest BCUT2D eigenvalue weighted by Gasteiger charge is 2.30. The Labute approximate surface area is 165 Å². The number of allylic oxidation sites excluding steroid dienone is 3. The van der Waals surface area contributed by atoms with Crippen LogP contribution in [-0.4, -0.2) is 22.1 Å². The molecule has 144 valence electrons. The second kappa shape index (κ2) is 6.98. The van der Waals surface area contributed by atoms with E-state index in [0.717, 1.165) is 0 Å². The minimum absolute atomic E-state index is 0.0347. The molecule has 0 unspecified atom stereocenters. The predicted octanol–water partition coefficient (Wildman–Crippen LogP) is 3.32. The first-order chi connectivity index (χ1) is 13.7. The van der Waals surface area contributed by atoms with E-state index < -0.39 is 16.4 Å². The van der Waals surface area contributed by atoms with Crippen LogP contribution >= 0.6 is 0 Å². The number of aromatic hydroxyl groups is 1. The lowest BCUT2D eigenvalue weighted by molar-refractivity contribution is -0.386. The summed E-state index contributed by atoms with van der Waals surface area (Å²) in [5, 5.41) is 40.2. The number of ether oxygens (including phenoxy) is 1. The fourth-order valence-electron chi connectivity index (χ4n) is 3.35. The highest BCUT2D eigenvalue weighted by atomic mass is 16.6. The summed E-state index contributed by atoms with van der Waals surface area (Å²) in [4.78, 5) is 14.8. The molecule has 0 aliphatic heterocycles. The van der Waals surface area contributed by atoms with Crippen LogP contribution in [0.5, 0.6) is 11.5 Å². The van der Waals surface area contributed by atoms with Crippen LogP contribution in [0.1, 0.15) is 34.9 Å². The third kappa shape index (κ3) is 2.91. The summed E-state index contributed by atoms with van der Waals surface area (Å²) in [6.07, 6.45) is 1.62. The van der Waals surface area contributed by atoms with E-state index in [1.54, 1.807) is 19.9 Å². The van der Waals surface area contributed by atoms with Gasteiger partial charge in [0.15, 0.2) is 5.75 Å². The van der Waals surface area contributed by atoms with Gasteiger partial charge in [0.05, 0.1) is 28.9 Å². The molecule has 1 heterocycles. The zero-order chi connectivity index (χ0) is 21.5. The van der Waals surface area contributed by atoms with Crippen molar-refractivity contribution in [1.82, 2.24) is 4.98 Å². The maximum atomic E-state index is 11.3. The highest BCUT2D eigenvalue weighted by Crippen LogP contribution is 2.45. The zero-order valence-corrected chi connectivity index (χ0v) is 15.8. The minimum Gasteiger partial charge on any atom is -0.500 e. The van der Waals surface area contributed by atoms with Crippen molar-refractivity contribution in [1.29, 1.82) is 10.5 Å². The number of methoxy groups -OCH3 is 1. The molecule has 1 aliphatic rings. The lowest BCUT2D eigenvalue weighted by atomic mass is 9.95. The number of rotatable bonds is 3. The third-order valence-corrected chi connectivity index (χ3v) is 4.79. The van der Waals surface area contributed by atoms with Gasteiger partial charge in [0.2, 0.25) is 5.75 Å². The molecule has 29 heavy (non-hydrogen) atoms. The first-order valence-electron chi connectivity index (χ1n) is 8.34. The number of benzene rings is 1. The molecule has 0 saturated heterocycles. The van der Waals surface area contributed by atoms with Gasteiger partial charge >= 0.3 is 5.69 Å². The molecule has 1 aromatic heterocycles. The lowest BCUT2D eigenvalue weighted by Crippen LogP contribution is -2.03. The number of nitro benzene ring substituents is 1. The molecule has 0 saturated carbocycles. The van der Waals surface area contributed by atoms with Crippen LogP contribution in [-0.2, 0) is 0 Å². The van der Waals surface area contributed by atoms with Crippen LogP contribution in [0.25, 0.3) is 17.2 Å². The minimum atomic E-state index is -0.715. The van der Waals surface area contributed by atoms with Crippen molar-refractivity contribution in [2.45, 2.75) is 13.8 Å². The number of phenolic OH excluding ortho intramolecular Hbond substituents is 1. The molecule has 0 bridgehead atoms. The molecule has 1 aliphatic carbocycles. The third-order valence-electron chi connectivity index (χ3n) is 4.79. The Morgan fingerprint density at radius 1 is 1.31 bits per heavy atom. The largest absolute Gasteiger partial charge is 0.500 e. The van der Waals surface area contributed by atoms with Crippen molar-refractivity contribution in [3.05, 3.63) is 55.8 Å². The summed E-state index contributed by atoms with van der Waals surface area (Å²) in [7, 11) is 1.29. The Bertz CT molecular complexity index is 1230. The quantitative estimate of drug-likeness (QED) is 0.597. The van der Waals surface area contributed by atoms with Crippen LogP contribution < -0.4 is 10.5 Å². The number of nitro groups is 1. The summed E-state index contributed by atoms with van der Waals surface area (Å²) in [6.45, 7) is 3.43. The molecule has 9 nitrogen and oxygen atoms in total. The summed E-state index contributed by atoms with van der Waals surface area (Å²) in [6, 6.07) is 6.76. The van der Waals surface area contributed by atoms with Crippen molar-refractivity contribution in [2.75, 3.05) is 12.8 Å². The molecule has 0 spiro atoms. The van der Waals surface area contributed by atoms with E-state index >= 15 is 0 Å². The maximum absolute atomic E-state index is 11.3. The summed E-state index contributed by atoms with van der Waals surface area (Å²) in [5.41, 5.74) is 8.93. The van der Waals surface area contributed by atoms with E-state index in [0.29, 0.717) is 39.1 Å². The fourth-order valence-corrected chi connectivity index (χ4v) is 3.35. The Kier molecular flexibility index (Phi) is 4.67. The number of nitrogens with zero attached hydrogens (tertiary/aromatic N) is 4. The van der Waals surface area contributed by atoms with E-state index in [4.69, 9.17) is 10.5 Å². The highest BCUT2D eigenvalue weighted by molar-refractivity contribution is 6.08. The second-order valence-corrected chi connectivity index (χ2v) is 6.35. The first kappa shape index (κ1) is 19.4. The van der Waals surface area contributed by atoms with Crippen LogP contribution in [0.4, 0.5) is 11.5 Å². The number of hydrogen-bond acceptors (Lipinski definition) is 8. The molecule has 0 radical (unpaired) electrons. The van der Waals surface area contributed by atoms with Gasteiger partial charge < -0.3 is 15.6 Å². The average Bonchev–Trinajstić information content (AvgIpc) is 2.93. The number of fused-ring (bicyclic) bond motifs is 1. The van der Waals surface area contributed by atoms with Gasteiger partial charge in [-0.05, 0) is 48.3 Å². The van der Waals surface area contributed by atoms with Gasteiger partial charge in [-0.2, -0.15) is 10.5 Å². The van der Waals surface area contributed by atoms with Crippen molar-refractivity contribution in [3.8, 4) is 23.6 Å². The second-order valence-electron chi connectivity index (χ2n) is 6.35. The van der Waals surface area contributed by atoms with Gasteiger partial charge in [0.1, 0.15) is 18.0 Å². The standard InChI is InChI=1S/C20H15N5O4/c1-9-12(4-11-5-15(25(27)28)19(26)16(6-11)29-3)17-10(2)14(8-22)20(23)24-18(17)13(9)7-21/h4-6,26H,1-3H3,(H2,23,24)/b12-4-. The number of phenols is 1. The Hall–Kier alpha value is -4.37. The fraction of sp³-hybridized carbons (Fsp3) is 0.150. The summed E-state index contributed by atoms with van der Waals surface area (Å²) in [5.74, 6) is -0.599. The molecular weight excluding hydrogens is 374 g/mol. The number of nitrogen functional groups attached to an aromatic ring is 1. The first-order valence-corrected chi connectivity index (χ1v) is 8.34. The van der Waals surface area contributed by atoms with Gasteiger partial charge in [-0.25, -0.2) is 4.98 Å². The number of nitrogens with two attached hydrogens (primary N) is 1. The van der Waals surface area contributed by atoms with Gasteiger partial charge in [0.25, 0.3) is 0 Å². The lowest BCUT2D eigenvalue weighted by Gasteiger charge is -2.11. The number of aromatic nitrogens is 1. The topological polar surface area (TPSA) is 159 Å². The van der Waals surface area contributed by atoms with E-state index in [1.807, 2.05) is 6.07 Å². The molecule has 0 atom stereocenters. The Balaban J connectivity index is 2.35. The zero-order valence-electron chi connectivity index (χ0n) is 15.8. The molecule has 0 amide bonds. The predicted molar refractivity (Wildman–Crippen MR) is 105 cm³/mol. The van der Waals surface area contributed by atoms with Crippen LogP contribution in [0, 0.1) is 39.7 Å². The average molecular weight is 389 g/mol. The van der Waals surface area contributed by atoms with Crippen molar-refractivity contribution in [2.24, 2.45) is 0 Å². The molecule has 3 rings (SSSR count). The van der Waals surface area contributed by atoms with Gasteiger partial charge in [-0.15, -0.1) is 0 Å². The number of nitriles is 2. The number of pyridine rings is 1. The monoisotopic (exact) mass is 389 g/mol. The molecule has 9 heteroatoms. The summed E-state index contributed by atoms with van der Waals surface area (Å²) < 4.78 is 5.04. The Morgan fingerprint density at radius 3 is 2.55 bits per heavy atom. The van der Waals surface area contributed by atoms with Crippen molar-refractivity contribution in [3.63, 3.8) is 0 Å².